The van der Waals surface area contributed by atoms with Crippen LogP contribution in [-0.2, 0) is 4.74 Å². The number of aromatic nitrogens is 2. The molecule has 2 aliphatic rings. The van der Waals surface area contributed by atoms with Crippen LogP contribution in [0.25, 0.3) is 0 Å². The van der Waals surface area contributed by atoms with Crippen molar-refractivity contribution in [2.75, 3.05) is 31.6 Å². The molecule has 2 atom stereocenters. The Bertz CT molecular complexity index is 913. The van der Waals surface area contributed by atoms with Crippen LogP contribution in [0, 0.1) is 35.9 Å². The Kier molecular flexibility index (Phi) is 5.31. The largest absolute Gasteiger partial charge is 0.471 e. The number of piperidine rings is 1. The molecular weight excluding hydrogens is 385 g/mol. The van der Waals surface area contributed by atoms with E-state index < -0.39 is 5.82 Å². The Balaban J connectivity index is 1.58. The first-order valence-corrected chi connectivity index (χ1v) is 9.37. The lowest BCUT2D eigenvalue weighted by atomic mass is 9.86. The number of benzene rings is 1. The van der Waals surface area contributed by atoms with Crippen molar-refractivity contribution in [2.45, 2.75) is 13.0 Å². The fourth-order valence-corrected chi connectivity index (χ4v) is 3.83. The van der Waals surface area contributed by atoms with Crippen LogP contribution in [0.5, 0.6) is 5.88 Å². The highest BCUT2D eigenvalue weighted by Crippen LogP contribution is 2.32. The summed E-state index contributed by atoms with van der Waals surface area (Å²) in [5.74, 6) is -0.518. The van der Waals surface area contributed by atoms with Gasteiger partial charge in [-0.25, -0.2) is 4.98 Å². The Labute approximate surface area is 166 Å². The Morgan fingerprint density at radius 1 is 1.32 bits per heavy atom. The molecule has 2 unspecified atom stereocenters. The highest BCUT2D eigenvalue weighted by atomic mass is 35.5. The lowest BCUT2D eigenvalue weighted by Crippen LogP contribution is -2.56. The quantitative estimate of drug-likeness (QED) is 0.810. The normalized spacial score (nSPS) is 23.7. The first-order valence-electron chi connectivity index (χ1n) is 8.99. The molecule has 0 spiro atoms. The maximum Gasteiger partial charge on any atom is 0.256 e. The molecule has 0 radical (unpaired) electrons. The number of nitriles is 1. The zero-order valence-corrected chi connectivity index (χ0v) is 16.0. The molecule has 0 saturated carbocycles. The molecule has 2 aliphatic heterocycles. The molecule has 2 N–H and O–H groups in total. The van der Waals surface area contributed by atoms with Crippen molar-refractivity contribution in [3.8, 4) is 11.9 Å². The minimum absolute atomic E-state index is 0.0358. The first kappa shape index (κ1) is 18.9. The van der Waals surface area contributed by atoms with Gasteiger partial charge in [0.2, 0.25) is 5.82 Å². The summed E-state index contributed by atoms with van der Waals surface area (Å²) in [6, 6.07) is 5.28. The van der Waals surface area contributed by atoms with E-state index in [0.717, 1.165) is 18.7 Å². The van der Waals surface area contributed by atoms with Gasteiger partial charge >= 0.3 is 0 Å². The van der Waals surface area contributed by atoms with Crippen molar-refractivity contribution in [3.63, 3.8) is 0 Å². The number of rotatable bonds is 4. The lowest BCUT2D eigenvalue weighted by Gasteiger charge is -2.41. The second-order valence-electron chi connectivity index (χ2n) is 7.02. The molecule has 4 rings (SSSR count). The number of ether oxygens (including phenoxy) is 2. The van der Waals surface area contributed by atoms with Gasteiger partial charge in [0.05, 0.1) is 35.6 Å². The van der Waals surface area contributed by atoms with E-state index in [1.54, 1.807) is 13.0 Å². The van der Waals surface area contributed by atoms with Gasteiger partial charge in [0.15, 0.2) is 5.82 Å². The summed E-state index contributed by atoms with van der Waals surface area (Å²) in [7, 11) is 0. The Morgan fingerprint density at radius 2 is 2.07 bits per heavy atom. The number of halogens is 2. The van der Waals surface area contributed by atoms with Crippen LogP contribution in [-0.4, -0.2) is 42.4 Å². The minimum atomic E-state index is -0.682. The third-order valence-corrected chi connectivity index (χ3v) is 5.41. The van der Waals surface area contributed by atoms with Gasteiger partial charge in [0, 0.05) is 24.9 Å². The molecule has 2 saturated heterocycles. The maximum absolute atomic E-state index is 15.0. The molecule has 0 amide bonds. The molecule has 7 nitrogen and oxygen atoms in total. The molecule has 0 aliphatic carbocycles. The van der Waals surface area contributed by atoms with Gasteiger partial charge in [0.25, 0.3) is 5.88 Å². The molecule has 1 aromatic carbocycles. The number of hydrogen-bond acceptors (Lipinski definition) is 7. The van der Waals surface area contributed by atoms with Crippen LogP contribution in [0.1, 0.15) is 11.1 Å². The monoisotopic (exact) mass is 403 g/mol. The number of fused-ring (bicyclic) bond motifs is 2. The molecule has 3 heterocycles. The summed E-state index contributed by atoms with van der Waals surface area (Å²) < 4.78 is 26.6. The molecule has 28 heavy (non-hydrogen) atoms. The highest BCUT2D eigenvalue weighted by molar-refractivity contribution is 6.33. The van der Waals surface area contributed by atoms with Crippen molar-refractivity contribution in [1.82, 2.24) is 15.3 Å². The van der Waals surface area contributed by atoms with Gasteiger partial charge in [-0.3, -0.25) is 0 Å². The molecule has 2 bridgehead atoms. The Hall–Kier alpha value is -2.47. The fourth-order valence-electron chi connectivity index (χ4n) is 3.62. The SMILES string of the molecule is Cc1cc(Nc2ncnc(OC3C4CNCC3COC4)c2F)c(Cl)cc1C#N. The highest BCUT2D eigenvalue weighted by Gasteiger charge is 2.39. The fraction of sp³-hybridized carbons (Fsp3) is 0.421. The molecule has 2 aromatic rings. The van der Waals surface area contributed by atoms with E-state index in [9.17, 15) is 0 Å². The number of nitrogens with zero attached hydrogens (tertiary/aromatic N) is 3. The van der Waals surface area contributed by atoms with Crippen LogP contribution in [0.3, 0.4) is 0 Å². The van der Waals surface area contributed by atoms with Crippen LogP contribution < -0.4 is 15.4 Å². The summed E-state index contributed by atoms with van der Waals surface area (Å²) in [5.41, 5.74) is 1.64. The number of aryl methyl sites for hydroxylation is 1. The summed E-state index contributed by atoms with van der Waals surface area (Å²) in [5, 5.41) is 15.6. The molecule has 146 valence electrons. The predicted octanol–water partition coefficient (Wildman–Crippen LogP) is 2.81. The van der Waals surface area contributed by atoms with Crippen LogP contribution in [0.2, 0.25) is 5.02 Å². The number of anilines is 2. The van der Waals surface area contributed by atoms with Gasteiger partial charge in [-0.1, -0.05) is 11.6 Å². The van der Waals surface area contributed by atoms with E-state index in [-0.39, 0.29) is 29.6 Å². The maximum atomic E-state index is 15.0. The van der Waals surface area contributed by atoms with E-state index in [1.807, 2.05) is 0 Å². The third kappa shape index (κ3) is 3.61. The summed E-state index contributed by atoms with van der Waals surface area (Å²) >= 11 is 6.21. The number of hydrogen-bond donors (Lipinski definition) is 2. The number of nitrogens with one attached hydrogen (secondary N) is 2. The van der Waals surface area contributed by atoms with Crippen molar-refractivity contribution >= 4 is 23.1 Å². The molecule has 2 fully saturated rings. The van der Waals surface area contributed by atoms with Crippen molar-refractivity contribution < 1.29 is 13.9 Å². The molecule has 1 aromatic heterocycles. The van der Waals surface area contributed by atoms with Crippen molar-refractivity contribution in [1.29, 1.82) is 5.26 Å². The second kappa shape index (κ2) is 7.87. The smallest absolute Gasteiger partial charge is 0.256 e. The van der Waals surface area contributed by atoms with Crippen LogP contribution in [0.15, 0.2) is 18.5 Å². The molecule has 9 heteroatoms. The van der Waals surface area contributed by atoms with E-state index in [1.165, 1.54) is 12.4 Å². The van der Waals surface area contributed by atoms with Crippen LogP contribution in [0.4, 0.5) is 15.9 Å². The van der Waals surface area contributed by atoms with Crippen molar-refractivity contribution in [3.05, 3.63) is 40.4 Å². The molecular formula is C19H19ClFN5O2. The minimum Gasteiger partial charge on any atom is -0.471 e. The summed E-state index contributed by atoms with van der Waals surface area (Å²) in [6.07, 6.45) is 1.09. The van der Waals surface area contributed by atoms with Crippen molar-refractivity contribution in [2.24, 2.45) is 11.8 Å². The van der Waals surface area contributed by atoms with Gasteiger partial charge < -0.3 is 20.1 Å². The van der Waals surface area contributed by atoms with Gasteiger partial charge in [-0.15, -0.1) is 0 Å². The zero-order valence-electron chi connectivity index (χ0n) is 15.2. The third-order valence-electron chi connectivity index (χ3n) is 5.10. The predicted molar refractivity (Wildman–Crippen MR) is 101 cm³/mol. The van der Waals surface area contributed by atoms with Gasteiger partial charge in [-0.2, -0.15) is 14.6 Å². The van der Waals surface area contributed by atoms with Gasteiger partial charge in [0.1, 0.15) is 12.4 Å². The first-order chi connectivity index (χ1) is 13.6. The average molecular weight is 404 g/mol. The standard InChI is InChI=1S/C19H19ClFN5O2/c1-10-2-15(14(20)3-11(10)4-22)26-18-16(21)19(25-9-24-18)28-17-12-5-23-6-13(17)8-27-7-12/h2-3,9,12-13,17,23H,5-8H2,1H3,(H,24,25,26). The van der Waals surface area contributed by atoms with E-state index in [2.05, 4.69) is 26.7 Å². The van der Waals surface area contributed by atoms with E-state index in [0.29, 0.717) is 29.5 Å². The summed E-state index contributed by atoms with van der Waals surface area (Å²) in [4.78, 5) is 7.96. The second-order valence-corrected chi connectivity index (χ2v) is 7.43. The van der Waals surface area contributed by atoms with E-state index >= 15 is 4.39 Å². The topological polar surface area (TPSA) is 92.1 Å². The van der Waals surface area contributed by atoms with Crippen LogP contribution >= 0.6 is 11.6 Å². The average Bonchev–Trinajstić information content (AvgIpc) is 2.67. The van der Waals surface area contributed by atoms with Gasteiger partial charge in [-0.05, 0) is 24.6 Å². The lowest BCUT2D eigenvalue weighted by molar-refractivity contribution is -0.0845. The van der Waals surface area contributed by atoms with E-state index in [4.69, 9.17) is 26.3 Å². The zero-order chi connectivity index (χ0) is 19.7. The Morgan fingerprint density at radius 3 is 2.79 bits per heavy atom. The summed E-state index contributed by atoms with van der Waals surface area (Å²) in [6.45, 7) is 4.46.